The summed E-state index contributed by atoms with van der Waals surface area (Å²) < 4.78 is 45.3. The molecule has 116 valence electrons. The van der Waals surface area contributed by atoms with Gasteiger partial charge in [0.25, 0.3) is 0 Å². The third-order valence-corrected chi connectivity index (χ3v) is 4.40. The molecule has 3 rings (SSSR count). The molecule has 1 aromatic carbocycles. The monoisotopic (exact) mass is 299 g/mol. The molecule has 1 saturated heterocycles. The van der Waals surface area contributed by atoms with Gasteiger partial charge in [-0.3, -0.25) is 4.90 Å². The van der Waals surface area contributed by atoms with Gasteiger partial charge in [0, 0.05) is 26.2 Å². The minimum atomic E-state index is -4.27. The summed E-state index contributed by atoms with van der Waals surface area (Å²) in [7, 11) is 0. The van der Waals surface area contributed by atoms with E-state index in [2.05, 4.69) is 4.90 Å². The van der Waals surface area contributed by atoms with Crippen molar-refractivity contribution < 1.29 is 17.9 Å². The molecule has 1 aliphatic heterocycles. The lowest BCUT2D eigenvalue weighted by atomic mass is 9.96. The first-order chi connectivity index (χ1) is 10.1. The number of nitrogens with zero attached hydrogens (tertiary/aromatic N) is 1. The Kier molecular flexibility index (Phi) is 4.22. The predicted octanol–water partition coefficient (Wildman–Crippen LogP) is 3.42. The zero-order valence-electron chi connectivity index (χ0n) is 12.0. The number of aryl methyl sites for hydroxylation is 1. The molecule has 0 radical (unpaired) electrons. The van der Waals surface area contributed by atoms with Crippen molar-refractivity contribution >= 4 is 0 Å². The summed E-state index contributed by atoms with van der Waals surface area (Å²) >= 11 is 0. The lowest BCUT2D eigenvalue weighted by Gasteiger charge is -2.24. The van der Waals surface area contributed by atoms with Crippen LogP contribution in [-0.2, 0) is 30.3 Å². The first-order valence-electron chi connectivity index (χ1n) is 7.56. The number of benzene rings is 1. The van der Waals surface area contributed by atoms with Crippen LogP contribution in [0.1, 0.15) is 35.1 Å². The fourth-order valence-electron chi connectivity index (χ4n) is 3.37. The van der Waals surface area contributed by atoms with Gasteiger partial charge in [0.2, 0.25) is 0 Å². The van der Waals surface area contributed by atoms with Gasteiger partial charge in [-0.1, -0.05) is 6.07 Å². The van der Waals surface area contributed by atoms with Crippen LogP contribution in [-0.4, -0.2) is 31.2 Å². The van der Waals surface area contributed by atoms with Crippen LogP contribution in [0.25, 0.3) is 0 Å². The fraction of sp³-hybridized carbons (Fsp3) is 0.625. The van der Waals surface area contributed by atoms with Gasteiger partial charge in [-0.2, -0.15) is 13.2 Å². The SMILES string of the molecule is FC(F)(F)c1ccc2c(c1CN1CCCOCC1)CCC2. The van der Waals surface area contributed by atoms with Crippen LogP contribution in [0.2, 0.25) is 0 Å². The molecule has 0 bridgehead atoms. The summed E-state index contributed by atoms with van der Waals surface area (Å²) in [5.74, 6) is 0. The number of hydrogen-bond acceptors (Lipinski definition) is 2. The van der Waals surface area contributed by atoms with E-state index in [4.69, 9.17) is 4.74 Å². The van der Waals surface area contributed by atoms with Gasteiger partial charge in [0.1, 0.15) is 0 Å². The Hall–Kier alpha value is -1.07. The molecule has 0 unspecified atom stereocenters. The highest BCUT2D eigenvalue weighted by atomic mass is 19.4. The van der Waals surface area contributed by atoms with E-state index in [1.807, 2.05) is 0 Å². The Morgan fingerprint density at radius 2 is 1.90 bits per heavy atom. The number of halogens is 3. The summed E-state index contributed by atoms with van der Waals surface area (Å²) in [5.41, 5.74) is 2.09. The number of ether oxygens (including phenoxy) is 1. The minimum Gasteiger partial charge on any atom is -0.380 e. The summed E-state index contributed by atoms with van der Waals surface area (Å²) in [4.78, 5) is 2.09. The topological polar surface area (TPSA) is 12.5 Å². The normalized spacial score (nSPS) is 20.3. The first kappa shape index (κ1) is 14.9. The molecule has 5 heteroatoms. The van der Waals surface area contributed by atoms with Crippen molar-refractivity contribution in [1.82, 2.24) is 4.90 Å². The Morgan fingerprint density at radius 1 is 1.05 bits per heavy atom. The average molecular weight is 299 g/mol. The van der Waals surface area contributed by atoms with Crippen LogP contribution in [0.3, 0.4) is 0 Å². The second-order valence-electron chi connectivity index (χ2n) is 5.82. The molecular weight excluding hydrogens is 279 g/mol. The number of alkyl halides is 3. The maximum absolute atomic E-state index is 13.3. The summed E-state index contributed by atoms with van der Waals surface area (Å²) in [5, 5.41) is 0. The number of hydrogen-bond donors (Lipinski definition) is 0. The maximum atomic E-state index is 13.3. The van der Waals surface area contributed by atoms with E-state index in [1.54, 1.807) is 6.07 Å². The molecule has 0 amide bonds. The van der Waals surface area contributed by atoms with Gasteiger partial charge < -0.3 is 4.74 Å². The molecular formula is C16H20F3NO. The minimum absolute atomic E-state index is 0.390. The average Bonchev–Trinajstić information content (AvgIpc) is 2.76. The van der Waals surface area contributed by atoms with E-state index in [0.717, 1.165) is 43.4 Å². The van der Waals surface area contributed by atoms with Gasteiger partial charge in [-0.25, -0.2) is 0 Å². The highest BCUT2D eigenvalue weighted by molar-refractivity contribution is 5.45. The number of fused-ring (bicyclic) bond motifs is 1. The zero-order valence-corrected chi connectivity index (χ0v) is 12.0. The van der Waals surface area contributed by atoms with Gasteiger partial charge in [0.05, 0.1) is 12.2 Å². The molecule has 1 fully saturated rings. The molecule has 21 heavy (non-hydrogen) atoms. The molecule has 0 spiro atoms. The van der Waals surface area contributed by atoms with Crippen LogP contribution in [0.5, 0.6) is 0 Å². The molecule has 2 aliphatic rings. The van der Waals surface area contributed by atoms with Crippen LogP contribution < -0.4 is 0 Å². The summed E-state index contributed by atoms with van der Waals surface area (Å²) in [6, 6.07) is 2.94. The van der Waals surface area contributed by atoms with Gasteiger partial charge in [0.15, 0.2) is 0 Å². The molecule has 2 nitrogen and oxygen atoms in total. The lowest BCUT2D eigenvalue weighted by Crippen LogP contribution is -2.28. The smallest absolute Gasteiger partial charge is 0.380 e. The second kappa shape index (κ2) is 5.97. The van der Waals surface area contributed by atoms with Gasteiger partial charge >= 0.3 is 6.18 Å². The van der Waals surface area contributed by atoms with E-state index in [1.165, 1.54) is 6.07 Å². The molecule has 1 heterocycles. The van der Waals surface area contributed by atoms with Gasteiger partial charge in [-0.15, -0.1) is 0 Å². The van der Waals surface area contributed by atoms with Crippen LogP contribution in [0.4, 0.5) is 13.2 Å². The quantitative estimate of drug-likeness (QED) is 0.829. The van der Waals surface area contributed by atoms with E-state index < -0.39 is 11.7 Å². The number of rotatable bonds is 2. The lowest BCUT2D eigenvalue weighted by molar-refractivity contribution is -0.138. The zero-order chi connectivity index (χ0) is 14.9. The van der Waals surface area contributed by atoms with E-state index in [0.29, 0.717) is 31.9 Å². The van der Waals surface area contributed by atoms with E-state index >= 15 is 0 Å². The molecule has 1 aliphatic carbocycles. The van der Waals surface area contributed by atoms with Crippen molar-refractivity contribution in [2.24, 2.45) is 0 Å². The Labute approximate surface area is 122 Å². The first-order valence-corrected chi connectivity index (χ1v) is 7.56. The van der Waals surface area contributed by atoms with Crippen LogP contribution in [0, 0.1) is 0 Å². The third kappa shape index (κ3) is 3.24. The standard InChI is InChI=1S/C16H20F3NO/c17-16(18,19)15-6-5-12-3-1-4-13(12)14(15)11-20-7-2-9-21-10-8-20/h5-6H,1-4,7-11H2. The predicted molar refractivity (Wildman–Crippen MR) is 74.2 cm³/mol. The van der Waals surface area contributed by atoms with E-state index in [9.17, 15) is 13.2 Å². The molecule has 0 atom stereocenters. The van der Waals surface area contributed by atoms with Crippen molar-refractivity contribution in [3.8, 4) is 0 Å². The maximum Gasteiger partial charge on any atom is 0.416 e. The third-order valence-electron chi connectivity index (χ3n) is 4.40. The fourth-order valence-corrected chi connectivity index (χ4v) is 3.37. The molecule has 0 aromatic heterocycles. The van der Waals surface area contributed by atoms with E-state index in [-0.39, 0.29) is 0 Å². The summed E-state index contributed by atoms with van der Waals surface area (Å²) in [6.45, 7) is 3.22. The second-order valence-corrected chi connectivity index (χ2v) is 5.82. The Balaban J connectivity index is 1.93. The Morgan fingerprint density at radius 3 is 2.71 bits per heavy atom. The molecule has 0 N–H and O–H groups in total. The van der Waals surface area contributed by atoms with Crippen molar-refractivity contribution in [3.05, 3.63) is 34.4 Å². The van der Waals surface area contributed by atoms with Crippen molar-refractivity contribution in [3.63, 3.8) is 0 Å². The molecule has 0 saturated carbocycles. The van der Waals surface area contributed by atoms with Crippen LogP contribution >= 0.6 is 0 Å². The molecule has 1 aromatic rings. The largest absolute Gasteiger partial charge is 0.416 e. The van der Waals surface area contributed by atoms with Crippen molar-refractivity contribution in [2.75, 3.05) is 26.3 Å². The van der Waals surface area contributed by atoms with Crippen molar-refractivity contribution in [1.29, 1.82) is 0 Å². The summed E-state index contributed by atoms with van der Waals surface area (Å²) in [6.07, 6.45) is -0.735. The van der Waals surface area contributed by atoms with Crippen LogP contribution in [0.15, 0.2) is 12.1 Å². The highest BCUT2D eigenvalue weighted by Gasteiger charge is 2.35. The van der Waals surface area contributed by atoms with Gasteiger partial charge in [-0.05, 0) is 48.4 Å². The highest BCUT2D eigenvalue weighted by Crippen LogP contribution is 2.38. The van der Waals surface area contributed by atoms with Crippen molar-refractivity contribution in [2.45, 2.75) is 38.4 Å². The Bertz CT molecular complexity index is 505.